The Hall–Kier alpha value is -0.0800. The quantitative estimate of drug-likeness (QED) is 0.588. The second-order valence-corrected chi connectivity index (χ2v) is 7.95. The Bertz CT molecular complexity index is 234. The van der Waals surface area contributed by atoms with Crippen LogP contribution in [-0.4, -0.2) is 6.04 Å². The predicted octanol–water partition coefficient (Wildman–Crippen LogP) is 3.96. The molecule has 0 radical (unpaired) electrons. The van der Waals surface area contributed by atoms with E-state index < -0.39 is 0 Å². The second-order valence-electron chi connectivity index (χ2n) is 7.95. The molecule has 0 aromatic carbocycles. The highest BCUT2D eigenvalue weighted by atomic mass is 15.2. The standard InChI is InChI=1S/C16H34N2/c1-11-7-12(2)9-14(8-11)15(18-17)10-13(3)16(4,5)6/h11-15,18H,7-10,17H2,1-6H3. The van der Waals surface area contributed by atoms with Crippen LogP contribution in [0.4, 0.5) is 0 Å². The molecule has 1 aliphatic carbocycles. The van der Waals surface area contributed by atoms with Crippen LogP contribution in [0.25, 0.3) is 0 Å². The molecule has 0 aromatic heterocycles. The van der Waals surface area contributed by atoms with Gasteiger partial charge in [0.2, 0.25) is 0 Å². The molecule has 1 fully saturated rings. The van der Waals surface area contributed by atoms with Gasteiger partial charge >= 0.3 is 0 Å². The second kappa shape index (κ2) is 6.38. The fraction of sp³-hybridized carbons (Fsp3) is 1.00. The molecule has 1 rings (SSSR count). The molecule has 0 heterocycles. The maximum atomic E-state index is 5.84. The normalized spacial score (nSPS) is 33.2. The minimum absolute atomic E-state index is 0.376. The lowest BCUT2D eigenvalue weighted by atomic mass is 9.70. The van der Waals surface area contributed by atoms with E-state index >= 15 is 0 Å². The maximum Gasteiger partial charge on any atom is 0.0241 e. The van der Waals surface area contributed by atoms with E-state index in [-0.39, 0.29) is 0 Å². The lowest BCUT2D eigenvalue weighted by Crippen LogP contribution is -2.45. The zero-order valence-electron chi connectivity index (χ0n) is 13.3. The highest BCUT2D eigenvalue weighted by Crippen LogP contribution is 2.38. The van der Waals surface area contributed by atoms with Crippen molar-refractivity contribution in [3.8, 4) is 0 Å². The molecule has 4 atom stereocenters. The van der Waals surface area contributed by atoms with Crippen molar-refractivity contribution in [1.82, 2.24) is 5.43 Å². The Morgan fingerprint density at radius 2 is 1.61 bits per heavy atom. The molecule has 2 heteroatoms. The number of rotatable bonds is 4. The van der Waals surface area contributed by atoms with Crippen molar-refractivity contribution in [2.24, 2.45) is 34.9 Å². The largest absolute Gasteiger partial charge is 0.271 e. The maximum absolute atomic E-state index is 5.84. The first-order valence-corrected chi connectivity index (χ1v) is 7.70. The smallest absolute Gasteiger partial charge is 0.0241 e. The summed E-state index contributed by atoms with van der Waals surface area (Å²) in [6.45, 7) is 14.1. The molecular formula is C16H34N2. The van der Waals surface area contributed by atoms with Crippen molar-refractivity contribution in [3.05, 3.63) is 0 Å². The first kappa shape index (κ1) is 16.0. The van der Waals surface area contributed by atoms with Gasteiger partial charge < -0.3 is 0 Å². The lowest BCUT2D eigenvalue weighted by Gasteiger charge is -2.39. The van der Waals surface area contributed by atoms with Gasteiger partial charge in [-0.2, -0.15) is 0 Å². The third kappa shape index (κ3) is 4.55. The van der Waals surface area contributed by atoms with E-state index in [1.54, 1.807) is 0 Å². The molecule has 0 aliphatic heterocycles. The third-order valence-corrected chi connectivity index (χ3v) is 5.08. The van der Waals surface area contributed by atoms with Crippen molar-refractivity contribution < 1.29 is 0 Å². The summed E-state index contributed by atoms with van der Waals surface area (Å²) in [5, 5.41) is 0. The lowest BCUT2D eigenvalue weighted by molar-refractivity contribution is 0.138. The van der Waals surface area contributed by atoms with Crippen LogP contribution in [0, 0.1) is 29.1 Å². The van der Waals surface area contributed by atoms with Gasteiger partial charge in [-0.15, -0.1) is 0 Å². The Morgan fingerprint density at radius 3 is 2.00 bits per heavy atom. The van der Waals surface area contributed by atoms with E-state index in [2.05, 4.69) is 47.0 Å². The number of nitrogens with one attached hydrogen (secondary N) is 1. The van der Waals surface area contributed by atoms with Crippen LogP contribution in [-0.2, 0) is 0 Å². The fourth-order valence-corrected chi connectivity index (χ4v) is 3.47. The van der Waals surface area contributed by atoms with Gasteiger partial charge in [0.25, 0.3) is 0 Å². The first-order valence-electron chi connectivity index (χ1n) is 7.70. The van der Waals surface area contributed by atoms with Gasteiger partial charge in [0.1, 0.15) is 0 Å². The SMILES string of the molecule is CC1CC(C)CC(C(CC(C)C(C)(C)C)NN)C1. The molecule has 2 nitrogen and oxygen atoms in total. The van der Waals surface area contributed by atoms with Crippen LogP contribution in [0.15, 0.2) is 0 Å². The van der Waals surface area contributed by atoms with E-state index in [1.165, 1.54) is 25.7 Å². The van der Waals surface area contributed by atoms with Crippen molar-refractivity contribution in [2.75, 3.05) is 0 Å². The van der Waals surface area contributed by atoms with Crippen LogP contribution in [0.3, 0.4) is 0 Å². The average Bonchev–Trinajstić information content (AvgIpc) is 2.22. The third-order valence-electron chi connectivity index (χ3n) is 5.08. The molecule has 0 saturated heterocycles. The van der Waals surface area contributed by atoms with E-state index in [0.29, 0.717) is 17.4 Å². The molecule has 0 amide bonds. The molecule has 1 aliphatic rings. The average molecular weight is 254 g/mol. The Morgan fingerprint density at radius 1 is 1.11 bits per heavy atom. The number of hydrogen-bond donors (Lipinski definition) is 2. The summed E-state index contributed by atoms with van der Waals surface area (Å²) in [6.07, 6.45) is 5.28. The zero-order valence-corrected chi connectivity index (χ0v) is 13.3. The minimum Gasteiger partial charge on any atom is -0.271 e. The van der Waals surface area contributed by atoms with Crippen LogP contribution < -0.4 is 11.3 Å². The molecule has 0 spiro atoms. The van der Waals surface area contributed by atoms with Gasteiger partial charge in [-0.05, 0) is 54.8 Å². The summed E-state index contributed by atoms with van der Waals surface area (Å²) >= 11 is 0. The van der Waals surface area contributed by atoms with Gasteiger partial charge in [0, 0.05) is 6.04 Å². The Balaban J connectivity index is 2.60. The van der Waals surface area contributed by atoms with Gasteiger partial charge in [0.05, 0.1) is 0 Å². The first-order chi connectivity index (χ1) is 8.24. The van der Waals surface area contributed by atoms with Crippen LogP contribution in [0.5, 0.6) is 0 Å². The molecule has 108 valence electrons. The molecular weight excluding hydrogens is 220 g/mol. The number of hydrazine groups is 1. The summed E-state index contributed by atoms with van der Waals surface area (Å²) < 4.78 is 0. The molecule has 0 aromatic rings. The molecule has 1 saturated carbocycles. The Labute approximate surface area is 114 Å². The summed E-state index contributed by atoms with van der Waals surface area (Å²) in [5.41, 5.74) is 3.49. The van der Waals surface area contributed by atoms with Crippen LogP contribution in [0.2, 0.25) is 0 Å². The molecule has 0 bridgehead atoms. The molecule has 4 unspecified atom stereocenters. The minimum atomic E-state index is 0.376. The van der Waals surface area contributed by atoms with Crippen LogP contribution >= 0.6 is 0 Å². The zero-order chi connectivity index (χ0) is 13.9. The number of nitrogens with two attached hydrogens (primary N) is 1. The monoisotopic (exact) mass is 254 g/mol. The highest BCUT2D eigenvalue weighted by molar-refractivity contribution is 4.85. The number of hydrogen-bond acceptors (Lipinski definition) is 2. The Kier molecular flexibility index (Phi) is 5.67. The highest BCUT2D eigenvalue weighted by Gasteiger charge is 2.32. The van der Waals surface area contributed by atoms with Crippen molar-refractivity contribution in [1.29, 1.82) is 0 Å². The topological polar surface area (TPSA) is 38.0 Å². The summed E-state index contributed by atoms with van der Waals surface area (Å²) in [6, 6.07) is 0.490. The van der Waals surface area contributed by atoms with Crippen molar-refractivity contribution in [3.63, 3.8) is 0 Å². The molecule has 3 N–H and O–H groups in total. The van der Waals surface area contributed by atoms with Crippen molar-refractivity contribution >= 4 is 0 Å². The van der Waals surface area contributed by atoms with Gasteiger partial charge in [-0.3, -0.25) is 11.3 Å². The van der Waals surface area contributed by atoms with Crippen molar-refractivity contribution in [2.45, 2.75) is 73.3 Å². The van der Waals surface area contributed by atoms with E-state index in [4.69, 9.17) is 5.84 Å². The van der Waals surface area contributed by atoms with E-state index in [0.717, 1.165) is 17.8 Å². The van der Waals surface area contributed by atoms with Gasteiger partial charge in [-0.25, -0.2) is 0 Å². The fourth-order valence-electron chi connectivity index (χ4n) is 3.47. The summed E-state index contributed by atoms with van der Waals surface area (Å²) in [4.78, 5) is 0. The van der Waals surface area contributed by atoms with E-state index in [9.17, 15) is 0 Å². The summed E-state index contributed by atoms with van der Waals surface area (Å²) in [7, 11) is 0. The van der Waals surface area contributed by atoms with Gasteiger partial charge in [-0.1, -0.05) is 41.5 Å². The van der Waals surface area contributed by atoms with Crippen LogP contribution in [0.1, 0.15) is 67.2 Å². The molecule has 18 heavy (non-hydrogen) atoms. The summed E-state index contributed by atoms with van der Waals surface area (Å²) in [5.74, 6) is 9.02. The predicted molar refractivity (Wildman–Crippen MR) is 80.0 cm³/mol. The van der Waals surface area contributed by atoms with Gasteiger partial charge in [0.15, 0.2) is 0 Å². The van der Waals surface area contributed by atoms with E-state index in [1.807, 2.05) is 0 Å².